The number of hydrogen-bond acceptors (Lipinski definition) is 1. The van der Waals surface area contributed by atoms with Gasteiger partial charge >= 0.3 is 0 Å². The molecule has 72 valence electrons. The Balaban J connectivity index is 2.28. The molecule has 1 rings (SSSR count). The van der Waals surface area contributed by atoms with Crippen molar-refractivity contribution in [3.05, 3.63) is 28.5 Å². The van der Waals surface area contributed by atoms with Gasteiger partial charge in [-0.1, -0.05) is 32.3 Å². The number of unbranched alkanes of at least 4 members (excludes halogenated alkanes) is 3. The first-order valence-electron chi connectivity index (χ1n) is 4.94. The van der Waals surface area contributed by atoms with Crippen LogP contribution < -0.4 is 0 Å². The van der Waals surface area contributed by atoms with Gasteiger partial charge in [-0.3, -0.25) is 0 Å². The highest BCUT2D eigenvalue weighted by molar-refractivity contribution is 9.10. The molecule has 0 atom stereocenters. The van der Waals surface area contributed by atoms with Crippen molar-refractivity contribution in [2.45, 2.75) is 39.0 Å². The molecule has 0 bridgehead atoms. The van der Waals surface area contributed by atoms with E-state index in [-0.39, 0.29) is 0 Å². The van der Waals surface area contributed by atoms with E-state index >= 15 is 0 Å². The number of rotatable bonds is 5. The first-order valence-corrected chi connectivity index (χ1v) is 5.73. The molecule has 0 N–H and O–H groups in total. The van der Waals surface area contributed by atoms with E-state index in [1.165, 1.54) is 31.4 Å². The summed E-state index contributed by atoms with van der Waals surface area (Å²) in [7, 11) is 0. The maximum atomic E-state index is 4.39. The third-order valence-corrected chi connectivity index (χ3v) is 2.50. The second kappa shape index (κ2) is 6.14. The molecule has 0 aliphatic rings. The largest absolute Gasteiger partial charge is 0.246 e. The molecule has 2 heteroatoms. The van der Waals surface area contributed by atoms with Gasteiger partial charge in [-0.25, -0.2) is 4.98 Å². The number of aryl methyl sites for hydroxylation is 1. The zero-order chi connectivity index (χ0) is 9.52. The summed E-state index contributed by atoms with van der Waals surface area (Å²) in [5, 5.41) is 0. The molecule has 0 saturated carbocycles. The molecule has 1 aromatic heterocycles. The molecule has 0 unspecified atom stereocenters. The van der Waals surface area contributed by atoms with Crippen molar-refractivity contribution in [3.8, 4) is 0 Å². The second-order valence-electron chi connectivity index (χ2n) is 3.26. The summed E-state index contributed by atoms with van der Waals surface area (Å²) in [6.45, 7) is 2.23. The molecule has 0 radical (unpaired) electrons. The highest BCUT2D eigenvalue weighted by Gasteiger charge is 1.95. The monoisotopic (exact) mass is 241 g/mol. The van der Waals surface area contributed by atoms with Gasteiger partial charge in [0.15, 0.2) is 0 Å². The van der Waals surface area contributed by atoms with Crippen LogP contribution in [0.5, 0.6) is 0 Å². The quantitative estimate of drug-likeness (QED) is 0.562. The lowest BCUT2D eigenvalue weighted by Crippen LogP contribution is -1.90. The number of halogens is 1. The van der Waals surface area contributed by atoms with E-state index in [9.17, 15) is 0 Å². The Hall–Kier alpha value is -0.370. The van der Waals surface area contributed by atoms with Gasteiger partial charge in [0.1, 0.15) is 4.60 Å². The van der Waals surface area contributed by atoms with Crippen molar-refractivity contribution in [2.24, 2.45) is 0 Å². The van der Waals surface area contributed by atoms with Crippen LogP contribution in [-0.4, -0.2) is 4.98 Å². The molecular formula is C11H16BrN. The molecule has 0 saturated heterocycles. The summed E-state index contributed by atoms with van der Waals surface area (Å²) in [6.07, 6.45) is 6.33. The molecule has 0 aliphatic heterocycles. The topological polar surface area (TPSA) is 12.9 Å². The molecule has 1 heterocycles. The van der Waals surface area contributed by atoms with Gasteiger partial charge in [0, 0.05) is 5.69 Å². The summed E-state index contributed by atoms with van der Waals surface area (Å²) in [6, 6.07) is 6.11. The van der Waals surface area contributed by atoms with Crippen LogP contribution in [0.1, 0.15) is 38.3 Å². The highest BCUT2D eigenvalue weighted by atomic mass is 79.9. The lowest BCUT2D eigenvalue weighted by molar-refractivity contribution is 0.660. The first kappa shape index (κ1) is 10.7. The zero-order valence-electron chi connectivity index (χ0n) is 8.09. The number of aromatic nitrogens is 1. The van der Waals surface area contributed by atoms with Gasteiger partial charge in [0.25, 0.3) is 0 Å². The average molecular weight is 242 g/mol. The van der Waals surface area contributed by atoms with Crippen LogP contribution in [0.3, 0.4) is 0 Å². The van der Waals surface area contributed by atoms with E-state index in [1.807, 2.05) is 12.1 Å². The lowest BCUT2D eigenvalue weighted by Gasteiger charge is -2.00. The van der Waals surface area contributed by atoms with Gasteiger partial charge in [0.2, 0.25) is 0 Å². The fourth-order valence-electron chi connectivity index (χ4n) is 1.32. The maximum absolute atomic E-state index is 4.39. The smallest absolute Gasteiger partial charge is 0.106 e. The second-order valence-corrected chi connectivity index (χ2v) is 4.07. The van der Waals surface area contributed by atoms with Crippen molar-refractivity contribution in [1.82, 2.24) is 4.98 Å². The van der Waals surface area contributed by atoms with Crippen LogP contribution in [-0.2, 0) is 6.42 Å². The Morgan fingerprint density at radius 2 is 2.08 bits per heavy atom. The number of nitrogens with zero attached hydrogens (tertiary/aromatic N) is 1. The van der Waals surface area contributed by atoms with Crippen molar-refractivity contribution in [2.75, 3.05) is 0 Å². The Morgan fingerprint density at radius 3 is 2.77 bits per heavy atom. The van der Waals surface area contributed by atoms with Crippen molar-refractivity contribution < 1.29 is 0 Å². The summed E-state index contributed by atoms with van der Waals surface area (Å²) in [5.41, 5.74) is 1.20. The predicted molar refractivity (Wildman–Crippen MR) is 59.8 cm³/mol. The van der Waals surface area contributed by atoms with Gasteiger partial charge in [-0.05, 0) is 40.9 Å². The molecule has 0 aromatic carbocycles. The van der Waals surface area contributed by atoms with Gasteiger partial charge in [0.05, 0.1) is 0 Å². The van der Waals surface area contributed by atoms with Crippen molar-refractivity contribution in [3.63, 3.8) is 0 Å². The Morgan fingerprint density at radius 1 is 1.23 bits per heavy atom. The third-order valence-electron chi connectivity index (χ3n) is 2.06. The van der Waals surface area contributed by atoms with E-state index in [4.69, 9.17) is 0 Å². The van der Waals surface area contributed by atoms with E-state index in [0.29, 0.717) is 0 Å². The minimum Gasteiger partial charge on any atom is -0.246 e. The fourth-order valence-corrected chi connectivity index (χ4v) is 1.70. The maximum Gasteiger partial charge on any atom is 0.106 e. The SMILES string of the molecule is CCCCCCc1cccc(Br)n1. The van der Waals surface area contributed by atoms with Gasteiger partial charge in [-0.15, -0.1) is 0 Å². The lowest BCUT2D eigenvalue weighted by atomic mass is 10.1. The predicted octanol–water partition coefficient (Wildman–Crippen LogP) is 3.97. The number of pyridine rings is 1. The summed E-state index contributed by atoms with van der Waals surface area (Å²) >= 11 is 3.37. The Kier molecular flexibility index (Phi) is 5.06. The van der Waals surface area contributed by atoms with Gasteiger partial charge < -0.3 is 0 Å². The van der Waals surface area contributed by atoms with Crippen molar-refractivity contribution in [1.29, 1.82) is 0 Å². The normalized spacial score (nSPS) is 10.3. The van der Waals surface area contributed by atoms with E-state index in [2.05, 4.69) is 33.9 Å². The summed E-state index contributed by atoms with van der Waals surface area (Å²) in [4.78, 5) is 4.39. The Labute approximate surface area is 88.7 Å². The molecule has 13 heavy (non-hydrogen) atoms. The molecule has 0 aliphatic carbocycles. The van der Waals surface area contributed by atoms with Crippen LogP contribution in [0.4, 0.5) is 0 Å². The Bertz CT molecular complexity index is 248. The van der Waals surface area contributed by atoms with Crippen LogP contribution >= 0.6 is 15.9 Å². The van der Waals surface area contributed by atoms with E-state index < -0.39 is 0 Å². The molecule has 1 nitrogen and oxygen atoms in total. The zero-order valence-corrected chi connectivity index (χ0v) is 9.68. The van der Waals surface area contributed by atoms with E-state index in [0.717, 1.165) is 11.0 Å². The van der Waals surface area contributed by atoms with Crippen LogP contribution in [0.25, 0.3) is 0 Å². The van der Waals surface area contributed by atoms with Gasteiger partial charge in [-0.2, -0.15) is 0 Å². The average Bonchev–Trinajstić information content (AvgIpc) is 2.13. The minimum absolute atomic E-state index is 0.945. The van der Waals surface area contributed by atoms with E-state index in [1.54, 1.807) is 0 Å². The molecule has 0 amide bonds. The molecule has 0 spiro atoms. The standard InChI is InChI=1S/C11H16BrN/c1-2-3-4-5-7-10-8-6-9-11(12)13-10/h6,8-9H,2-5,7H2,1H3. The molecule has 1 aromatic rings. The minimum atomic E-state index is 0.945. The highest BCUT2D eigenvalue weighted by Crippen LogP contribution is 2.09. The third kappa shape index (κ3) is 4.41. The van der Waals surface area contributed by atoms with Crippen LogP contribution in [0, 0.1) is 0 Å². The van der Waals surface area contributed by atoms with Crippen LogP contribution in [0.15, 0.2) is 22.8 Å². The van der Waals surface area contributed by atoms with Crippen molar-refractivity contribution >= 4 is 15.9 Å². The first-order chi connectivity index (χ1) is 6.33. The summed E-state index contributed by atoms with van der Waals surface area (Å²) in [5.74, 6) is 0. The molecular weight excluding hydrogens is 226 g/mol. The fraction of sp³-hybridized carbons (Fsp3) is 0.545. The summed E-state index contributed by atoms with van der Waals surface area (Å²) < 4.78 is 0.945. The molecule has 0 fully saturated rings. The number of hydrogen-bond donors (Lipinski definition) is 0. The van der Waals surface area contributed by atoms with Crippen LogP contribution in [0.2, 0.25) is 0 Å².